The monoisotopic (exact) mass is 1070 g/mol. The summed E-state index contributed by atoms with van der Waals surface area (Å²) in [5.74, 6) is 0. The Balaban J connectivity index is 1.29. The van der Waals surface area contributed by atoms with E-state index in [0.717, 1.165) is 34.9 Å². The van der Waals surface area contributed by atoms with Gasteiger partial charge in [-0.05, 0) is 70.6 Å². The highest BCUT2D eigenvalue weighted by atomic mass is 32.1. The molecule has 0 aliphatic carbocycles. The molecule has 0 atom stereocenters. The second kappa shape index (κ2) is 17.3. The molecule has 0 unspecified atom stereocenters. The van der Waals surface area contributed by atoms with Crippen LogP contribution in [0.5, 0.6) is 0 Å². The average Bonchev–Trinajstić information content (AvgIpc) is 1.53. The first kappa shape index (κ1) is 27.6. The van der Waals surface area contributed by atoms with Crippen molar-refractivity contribution < 1.29 is 32.9 Å². The molecule has 6 nitrogen and oxygen atoms in total. The lowest BCUT2D eigenvalue weighted by Crippen LogP contribution is -2.16. The SMILES string of the molecule is [2H]c1c([2H])c([2H])c2c(c1[2H])c1c([2H])c([2H])c([2H])c([2H])c1n2-c1c(C#N)c(-n2c3c([2H])c([2H])c([2H])c([2H])c3c3c([2H])c([2H])c([2H])c([2H])c32)c(-n2c3cc(-c4ccccc4-c4ccccc4)ccc3c3ccc4c5ccccc5sc4c32)c(C#N)c1-n1c2c([2H])c([2H])c([2H])c([2H])c2c2c([2H])c([2H])c([2H])c([2H])c21. The van der Waals surface area contributed by atoms with E-state index in [9.17, 15) is 37.9 Å². The van der Waals surface area contributed by atoms with Gasteiger partial charge in [-0.3, -0.25) is 0 Å². The fraction of sp³-hybridized carbons (Fsp3) is 0. The number of aromatic nitrogens is 4. The maximum absolute atomic E-state index is 13.4. The van der Waals surface area contributed by atoms with Gasteiger partial charge < -0.3 is 18.3 Å². The third-order valence-corrected chi connectivity index (χ3v) is 16.4. The largest absolute Gasteiger partial charge is 0.306 e. The molecule has 5 heterocycles. The fourth-order valence-electron chi connectivity index (χ4n) is 12.0. The lowest BCUT2D eigenvalue weighted by Gasteiger charge is -2.27. The van der Waals surface area contributed by atoms with Gasteiger partial charge in [0.25, 0.3) is 0 Å². The molecule has 374 valence electrons. The molecule has 0 saturated carbocycles. The Kier molecular flexibility index (Phi) is 5.88. The van der Waals surface area contributed by atoms with Gasteiger partial charge in [-0.2, -0.15) is 10.5 Å². The van der Waals surface area contributed by atoms with Crippen LogP contribution in [0.15, 0.2) is 254 Å². The normalized spacial score (nSPS) is 16.1. The first-order chi connectivity index (χ1) is 50.1. The zero-order valence-corrected chi connectivity index (χ0v) is 42.3. The zero-order chi connectivity index (χ0) is 74.3. The minimum absolute atomic E-state index is 0.186. The molecule has 0 saturated heterocycles. The van der Waals surface area contributed by atoms with E-state index in [0.29, 0.717) is 32.0 Å². The Morgan fingerprint density at radius 1 is 0.321 bits per heavy atom. The van der Waals surface area contributed by atoms with Gasteiger partial charge in [0.15, 0.2) is 0 Å². The molecule has 0 fully saturated rings. The van der Waals surface area contributed by atoms with Crippen LogP contribution in [0.3, 0.4) is 0 Å². The summed E-state index contributed by atoms with van der Waals surface area (Å²) in [7, 11) is 0. The summed E-state index contributed by atoms with van der Waals surface area (Å²) in [5.41, 5.74) is -5.66. The number of nitriles is 2. The van der Waals surface area contributed by atoms with Crippen molar-refractivity contribution >= 4 is 119 Å². The third kappa shape index (κ3) is 6.24. The molecule has 17 rings (SSSR count). The number of hydrogen-bond donors (Lipinski definition) is 0. The van der Waals surface area contributed by atoms with Gasteiger partial charge in [-0.15, -0.1) is 11.3 Å². The van der Waals surface area contributed by atoms with Crippen molar-refractivity contribution in [2.45, 2.75) is 0 Å². The molecule has 17 aromatic rings. The summed E-state index contributed by atoms with van der Waals surface area (Å²) in [6.07, 6.45) is 0. The van der Waals surface area contributed by atoms with Gasteiger partial charge in [-0.1, -0.05) is 206 Å². The molecule has 0 N–H and O–H groups in total. The van der Waals surface area contributed by atoms with Gasteiger partial charge in [-0.25, -0.2) is 0 Å². The number of para-hydroxylation sites is 6. The van der Waals surface area contributed by atoms with Crippen molar-refractivity contribution in [2.75, 3.05) is 0 Å². The van der Waals surface area contributed by atoms with Gasteiger partial charge in [0.05, 0.1) is 104 Å². The number of rotatable bonds is 6. The van der Waals surface area contributed by atoms with Crippen LogP contribution in [0.25, 0.3) is 152 Å². The zero-order valence-electron chi connectivity index (χ0n) is 65.5. The topological polar surface area (TPSA) is 67.3 Å². The molecule has 0 spiro atoms. The molecule has 81 heavy (non-hydrogen) atoms. The second-order valence-corrected chi connectivity index (χ2v) is 20.2. The minimum atomic E-state index is -0.985. The van der Waals surface area contributed by atoms with E-state index in [4.69, 9.17) is 5.48 Å². The summed E-state index contributed by atoms with van der Waals surface area (Å²) in [6, 6.07) is 16.1. The molecule has 0 bridgehead atoms. The molecule has 0 radical (unpaired) electrons. The van der Waals surface area contributed by atoms with Crippen LogP contribution < -0.4 is 0 Å². The van der Waals surface area contributed by atoms with E-state index in [1.165, 1.54) is 11.3 Å². The smallest absolute Gasteiger partial charge is 0.104 e. The van der Waals surface area contributed by atoms with E-state index < -0.39 is 244 Å². The highest BCUT2D eigenvalue weighted by molar-refractivity contribution is 7.26. The van der Waals surface area contributed by atoms with Crippen molar-refractivity contribution in [1.29, 1.82) is 10.5 Å². The maximum atomic E-state index is 13.4. The molecule has 7 heteroatoms. The summed E-state index contributed by atoms with van der Waals surface area (Å²) < 4.78 is 236. The lowest BCUT2D eigenvalue weighted by atomic mass is 9.94. The van der Waals surface area contributed by atoms with Crippen LogP contribution in [-0.4, -0.2) is 18.3 Å². The first-order valence-electron chi connectivity index (χ1n) is 37.3. The van der Waals surface area contributed by atoms with Crippen molar-refractivity contribution in [2.24, 2.45) is 0 Å². The minimum Gasteiger partial charge on any atom is -0.306 e. The predicted molar refractivity (Wildman–Crippen MR) is 337 cm³/mol. The highest BCUT2D eigenvalue weighted by Crippen LogP contribution is 2.51. The molecular weight excluding hydrogens is 1000 g/mol. The Morgan fingerprint density at radius 2 is 0.704 bits per heavy atom. The molecule has 5 aromatic heterocycles. The van der Waals surface area contributed by atoms with Crippen molar-refractivity contribution in [3.63, 3.8) is 0 Å². The number of nitrogens with zero attached hydrogens (tertiary/aromatic N) is 6. The summed E-state index contributed by atoms with van der Waals surface area (Å²) in [6.45, 7) is 0. The summed E-state index contributed by atoms with van der Waals surface area (Å²) >= 11 is 1.30. The van der Waals surface area contributed by atoms with Crippen molar-refractivity contribution in [3.8, 4) is 57.1 Å². The third-order valence-electron chi connectivity index (χ3n) is 15.2. The number of thiophene rings is 1. The first-order valence-corrected chi connectivity index (χ1v) is 26.1. The highest BCUT2D eigenvalue weighted by Gasteiger charge is 2.35. The number of fused-ring (bicyclic) bond motifs is 16. The Labute approximate surface area is 501 Å². The van der Waals surface area contributed by atoms with Gasteiger partial charge in [0.2, 0.25) is 0 Å². The van der Waals surface area contributed by atoms with Gasteiger partial charge in [0.1, 0.15) is 23.3 Å². The second-order valence-electron chi connectivity index (χ2n) is 19.1. The van der Waals surface area contributed by atoms with E-state index in [2.05, 4.69) is 12.1 Å². The summed E-state index contributed by atoms with van der Waals surface area (Å²) in [5, 5.41) is 25.5. The van der Waals surface area contributed by atoms with Crippen LogP contribution in [0.1, 0.15) is 44.0 Å². The molecule has 0 amide bonds. The Bertz CT molecular complexity index is 6880. The van der Waals surface area contributed by atoms with Crippen LogP contribution in [0.2, 0.25) is 0 Å². The number of benzene rings is 12. The van der Waals surface area contributed by atoms with E-state index in [1.807, 2.05) is 103 Å². The standard InChI is InChI=1S/C74H42N6S/c75-43-59-69(77-61-31-13-6-24-49(61)50-25-7-14-32-62(50)77)70(78-63-33-15-8-26-51(63)52-27-9-16-34-64(52)78)60(44-76)72(71(59)79-65-35-17-10-28-53(65)54-29-11-18-36-66(54)79)80-67-42-46(48-23-5-4-22-47(48)45-20-2-1-3-21-45)38-39-55(67)57-40-41-58-56-30-12-19-37-68(56)81-74(58)73(57)80/h1-42H/i6D,7D,8D,9D,10D,11D,13D,14D,15D,16D,17D,18D,24D,25D,26D,27D,28D,29D,31D,32D,33D,34D,35D,36D. The van der Waals surface area contributed by atoms with Crippen LogP contribution >= 0.6 is 11.3 Å². The predicted octanol–water partition coefficient (Wildman–Crippen LogP) is 19.5. The Hall–Kier alpha value is -11.0. The van der Waals surface area contributed by atoms with Crippen LogP contribution in [0.4, 0.5) is 0 Å². The molecular formula is C74H42N6S. The number of hydrogen-bond acceptors (Lipinski definition) is 3. The maximum Gasteiger partial charge on any atom is 0.104 e. The summed E-state index contributed by atoms with van der Waals surface area (Å²) in [4.78, 5) is 0. The van der Waals surface area contributed by atoms with Crippen LogP contribution in [-0.2, 0) is 0 Å². The lowest BCUT2D eigenvalue weighted by molar-refractivity contribution is 1.03. The quantitative estimate of drug-likeness (QED) is 0.166. The molecule has 0 aliphatic rings. The molecule has 12 aromatic carbocycles. The van der Waals surface area contributed by atoms with E-state index >= 15 is 0 Å². The van der Waals surface area contributed by atoms with E-state index in [1.54, 1.807) is 10.6 Å². The molecule has 0 aliphatic heterocycles. The van der Waals surface area contributed by atoms with Gasteiger partial charge >= 0.3 is 0 Å². The fourth-order valence-corrected chi connectivity index (χ4v) is 13.2. The van der Waals surface area contributed by atoms with E-state index in [-0.39, 0.29) is 11.0 Å². The van der Waals surface area contributed by atoms with Crippen molar-refractivity contribution in [1.82, 2.24) is 18.3 Å². The average molecular weight is 1070 g/mol. The van der Waals surface area contributed by atoms with Crippen LogP contribution in [0, 0.1) is 22.7 Å². The Morgan fingerprint density at radius 3 is 1.17 bits per heavy atom. The van der Waals surface area contributed by atoms with Gasteiger partial charge in [0, 0.05) is 58.6 Å². The van der Waals surface area contributed by atoms with Crippen molar-refractivity contribution in [3.05, 3.63) is 265 Å².